The van der Waals surface area contributed by atoms with Gasteiger partial charge in [0, 0.05) is 73.5 Å². The van der Waals surface area contributed by atoms with Gasteiger partial charge in [-0.05, 0) is 197 Å². The fourth-order valence-corrected chi connectivity index (χ4v) is 12.2. The first-order valence-electron chi connectivity index (χ1n) is 31.1. The molecule has 1 atom stereocenters. The highest BCUT2D eigenvalue weighted by Crippen LogP contribution is 2.46. The highest BCUT2D eigenvalue weighted by Gasteiger charge is 2.28. The lowest BCUT2D eigenvalue weighted by Crippen LogP contribution is -2.45. The average molecular weight is 1250 g/mol. The minimum Gasteiger partial charge on any atom is -0.488 e. The van der Waals surface area contributed by atoms with Gasteiger partial charge in [0.25, 0.3) is 8.53 Å². The van der Waals surface area contributed by atoms with Gasteiger partial charge in [-0.15, -0.1) is 0 Å². The summed E-state index contributed by atoms with van der Waals surface area (Å²) in [5.41, 5.74) is 5.41. The molecule has 21 heteroatoms. The zero-order chi connectivity index (χ0) is 63.6. The van der Waals surface area contributed by atoms with Crippen LogP contribution < -0.4 is 4.74 Å². The molecule has 0 bridgehead atoms. The standard InChI is InChI=1S/C69H83N8O12P/c1-8-81-67(78)61-42-53(64-22-15-34-84-64)39-56(71-61)45-74-30-19-32-75(46-57-40-54(65-23-16-35-85-65)43-62(72-57)68(79)82-9-2)48-60(49-76(33-20-31-74)47-58-41-55(66-24-17-36-86-66)44-63(73-58)69(80)83-10-3)89-59-27-25-52(26-28-59)21-13-11-12-14-37-87-90(88-38-18-29-70)77(50(4)5)51(6)7/h15-17,22-28,34-36,39-44,50-51,60H,8-12,14,18-20,30-33,37-38,45-49H2,1-7H3. The normalized spacial score (nSPS) is 14.3. The Bertz CT molecular complexity index is 3330. The molecule has 476 valence electrons. The van der Waals surface area contributed by atoms with Gasteiger partial charge < -0.3 is 41.2 Å². The molecule has 0 radical (unpaired) electrons. The zero-order valence-corrected chi connectivity index (χ0v) is 53.7. The van der Waals surface area contributed by atoms with Crippen molar-refractivity contribution in [3.05, 3.63) is 156 Å². The second-order valence-electron chi connectivity index (χ2n) is 22.1. The van der Waals surface area contributed by atoms with Crippen molar-refractivity contribution in [3.8, 4) is 57.6 Å². The Morgan fingerprint density at radius 2 is 1.02 bits per heavy atom. The summed E-state index contributed by atoms with van der Waals surface area (Å²) in [5.74, 6) is 7.51. The fraction of sp³-hybridized carbons (Fsp3) is 0.435. The van der Waals surface area contributed by atoms with Crippen molar-refractivity contribution in [3.63, 3.8) is 0 Å². The molecule has 1 saturated heterocycles. The van der Waals surface area contributed by atoms with Crippen LogP contribution in [0.4, 0.5) is 0 Å². The summed E-state index contributed by atoms with van der Waals surface area (Å²) in [6.07, 6.45) is 8.44. The Labute approximate surface area is 529 Å². The van der Waals surface area contributed by atoms with Crippen LogP contribution in [0.15, 0.2) is 129 Å². The van der Waals surface area contributed by atoms with E-state index < -0.39 is 32.5 Å². The van der Waals surface area contributed by atoms with Crippen LogP contribution in [-0.4, -0.2) is 143 Å². The molecule has 7 heterocycles. The Kier molecular flexibility index (Phi) is 26.7. The van der Waals surface area contributed by atoms with Gasteiger partial charge in [-0.3, -0.25) is 14.7 Å². The minimum absolute atomic E-state index is 0.166. The number of ether oxygens (including phenoxy) is 4. The summed E-state index contributed by atoms with van der Waals surface area (Å²) in [4.78, 5) is 61.7. The molecule has 0 amide bonds. The van der Waals surface area contributed by atoms with Crippen LogP contribution in [0, 0.1) is 23.2 Å². The number of aromatic nitrogens is 3. The summed E-state index contributed by atoms with van der Waals surface area (Å²) in [7, 11) is -1.30. The SMILES string of the molecule is CCOC(=O)c1cc(-c2ccco2)cc(CN2CCCN(Cc3cc(-c4ccco4)cc(C(=O)OCC)n3)CC(Oc3ccc(C#CCCCCOP(OCCC#N)N(C(C)C)C(C)C)cc3)CN(Cc3cc(-c4ccco4)cc(C(=O)OCC)n3)CCC2)n1. The van der Waals surface area contributed by atoms with Crippen molar-refractivity contribution in [2.75, 3.05) is 72.3 Å². The van der Waals surface area contributed by atoms with Crippen molar-refractivity contribution >= 4 is 26.4 Å². The summed E-state index contributed by atoms with van der Waals surface area (Å²) in [6.45, 7) is 19.6. The Morgan fingerprint density at radius 3 is 1.43 bits per heavy atom. The van der Waals surface area contributed by atoms with Gasteiger partial charge in [-0.1, -0.05) is 11.8 Å². The lowest BCUT2D eigenvalue weighted by Gasteiger charge is -2.35. The van der Waals surface area contributed by atoms with Gasteiger partial charge in [-0.2, -0.15) is 5.26 Å². The summed E-state index contributed by atoms with van der Waals surface area (Å²) in [5, 5.41) is 9.10. The van der Waals surface area contributed by atoms with Gasteiger partial charge >= 0.3 is 17.9 Å². The Balaban J connectivity index is 1.09. The number of nitriles is 1. The zero-order valence-electron chi connectivity index (χ0n) is 52.8. The third kappa shape index (κ3) is 20.8. The molecule has 7 aromatic rings. The molecule has 20 nitrogen and oxygen atoms in total. The van der Waals surface area contributed by atoms with E-state index >= 15 is 0 Å². The lowest BCUT2D eigenvalue weighted by atomic mass is 10.1. The van der Waals surface area contributed by atoms with Crippen molar-refractivity contribution in [2.45, 2.75) is 125 Å². The van der Waals surface area contributed by atoms with Crippen molar-refractivity contribution in [2.24, 2.45) is 0 Å². The predicted octanol–water partition coefficient (Wildman–Crippen LogP) is 13.0. The van der Waals surface area contributed by atoms with Crippen LogP contribution in [0.25, 0.3) is 34.0 Å². The Morgan fingerprint density at radius 1 is 0.589 bits per heavy atom. The van der Waals surface area contributed by atoms with E-state index in [2.05, 4.69) is 65.0 Å². The molecule has 0 aliphatic carbocycles. The number of esters is 3. The second kappa shape index (κ2) is 35.4. The third-order valence-electron chi connectivity index (χ3n) is 14.4. The molecule has 1 aliphatic rings. The number of pyridine rings is 3. The maximum atomic E-state index is 13.4. The maximum Gasteiger partial charge on any atom is 0.356 e. The molecule has 1 fully saturated rings. The number of benzene rings is 1. The van der Waals surface area contributed by atoms with Crippen molar-refractivity contribution in [1.29, 1.82) is 5.26 Å². The third-order valence-corrected chi connectivity index (χ3v) is 16.5. The van der Waals surface area contributed by atoms with Crippen LogP contribution >= 0.6 is 8.53 Å². The molecule has 8 rings (SSSR count). The van der Waals surface area contributed by atoms with E-state index in [0.29, 0.717) is 142 Å². The van der Waals surface area contributed by atoms with E-state index in [-0.39, 0.29) is 49.0 Å². The fourth-order valence-electron chi connectivity index (χ4n) is 10.6. The number of carbonyl (C=O) groups excluding carboxylic acids is 3. The number of nitrogens with zero attached hydrogens (tertiary/aromatic N) is 8. The first-order valence-corrected chi connectivity index (χ1v) is 32.2. The van der Waals surface area contributed by atoms with E-state index in [4.69, 9.17) is 61.5 Å². The van der Waals surface area contributed by atoms with Gasteiger partial charge in [0.15, 0.2) is 0 Å². The molecule has 1 aliphatic heterocycles. The van der Waals surface area contributed by atoms with Crippen LogP contribution in [0.2, 0.25) is 0 Å². The second-order valence-corrected chi connectivity index (χ2v) is 23.6. The monoisotopic (exact) mass is 1250 g/mol. The predicted molar refractivity (Wildman–Crippen MR) is 342 cm³/mol. The van der Waals surface area contributed by atoms with E-state index in [1.165, 1.54) is 0 Å². The molecule has 0 N–H and O–H groups in total. The molecule has 6 aromatic heterocycles. The maximum absolute atomic E-state index is 13.4. The number of unbranched alkanes of at least 4 members (excludes halogenated alkanes) is 2. The first kappa shape index (κ1) is 67.9. The highest BCUT2D eigenvalue weighted by molar-refractivity contribution is 7.44. The molecule has 1 aromatic carbocycles. The number of rotatable bonds is 28. The van der Waals surface area contributed by atoms with E-state index in [1.807, 2.05) is 60.7 Å². The Hall–Kier alpha value is -8.04. The smallest absolute Gasteiger partial charge is 0.356 e. The molecular formula is C69H83N8O12P. The first-order chi connectivity index (χ1) is 43.8. The summed E-state index contributed by atoms with van der Waals surface area (Å²) in [6, 6.07) is 32.3. The average Bonchev–Trinajstić information content (AvgIpc) is 1.93. The summed E-state index contributed by atoms with van der Waals surface area (Å²) < 4.78 is 55.6. The summed E-state index contributed by atoms with van der Waals surface area (Å²) >= 11 is 0. The number of hydrogen-bond donors (Lipinski definition) is 0. The van der Waals surface area contributed by atoms with Crippen molar-refractivity contribution < 1.29 is 55.6 Å². The minimum atomic E-state index is -1.30. The van der Waals surface area contributed by atoms with Crippen LogP contribution in [-0.2, 0) is 42.9 Å². The van der Waals surface area contributed by atoms with Gasteiger partial charge in [-0.25, -0.2) is 34.0 Å². The van der Waals surface area contributed by atoms with Crippen molar-refractivity contribution in [1.82, 2.24) is 34.3 Å². The van der Waals surface area contributed by atoms with Gasteiger partial charge in [0.05, 0.1) is 81.4 Å². The number of furan rings is 3. The van der Waals surface area contributed by atoms with Gasteiger partial charge in [0.2, 0.25) is 0 Å². The molecule has 0 spiro atoms. The number of carbonyl (C=O) groups is 3. The van der Waals surface area contributed by atoms with E-state index in [0.717, 1.165) is 31.2 Å². The quantitative estimate of drug-likeness (QED) is 0.0146. The molecule has 0 saturated carbocycles. The van der Waals surface area contributed by atoms with Crippen LogP contribution in [0.3, 0.4) is 0 Å². The van der Waals surface area contributed by atoms with Gasteiger partial charge in [0.1, 0.15) is 46.2 Å². The molecule has 1 unspecified atom stereocenters. The van der Waals surface area contributed by atoms with E-state index in [9.17, 15) is 14.4 Å². The molecule has 90 heavy (non-hydrogen) atoms. The topological polar surface area (TPSA) is 221 Å². The lowest BCUT2D eigenvalue weighted by molar-refractivity contribution is 0.0509. The van der Waals surface area contributed by atoms with E-state index in [1.54, 1.807) is 76.0 Å². The molecular weight excluding hydrogens is 1160 g/mol. The largest absolute Gasteiger partial charge is 0.488 e. The van der Waals surface area contributed by atoms with Crippen LogP contribution in [0.1, 0.15) is 141 Å². The highest BCUT2D eigenvalue weighted by atomic mass is 31.2. The number of hydrogen-bond acceptors (Lipinski definition) is 20. The van der Waals surface area contributed by atoms with Crippen LogP contribution in [0.5, 0.6) is 5.75 Å².